The molecule has 0 amide bonds. The molecule has 2 aromatic heterocycles. The molecule has 0 atom stereocenters. The van der Waals surface area contributed by atoms with Crippen LogP contribution in [0.15, 0.2) is 55.0 Å². The number of pyridine rings is 1. The predicted molar refractivity (Wildman–Crippen MR) is 85.2 cm³/mol. The Hall–Kier alpha value is -2.59. The molecule has 22 heavy (non-hydrogen) atoms. The standard InChI is InChI=1S/C17H9ClFN3/c18-13-6-2-4-10-3-1-5-12(15(10)13)17-21-8-11-7-20-9-14(19)16(11)22-17/h1-9H. The highest BCUT2D eigenvalue weighted by Gasteiger charge is 2.11. The first-order chi connectivity index (χ1) is 10.7. The Balaban J connectivity index is 2.05. The Bertz CT molecular complexity index is 1010. The number of hydrogen-bond donors (Lipinski definition) is 0. The SMILES string of the molecule is Fc1cncc2cnc(-c3cccc4cccc(Cl)c34)nc12. The molecular weight excluding hydrogens is 301 g/mol. The fourth-order valence-corrected chi connectivity index (χ4v) is 2.82. The van der Waals surface area contributed by atoms with Gasteiger partial charge in [-0.15, -0.1) is 0 Å². The summed E-state index contributed by atoms with van der Waals surface area (Å²) in [4.78, 5) is 12.5. The fourth-order valence-electron chi connectivity index (χ4n) is 2.53. The van der Waals surface area contributed by atoms with Crippen molar-refractivity contribution >= 4 is 33.3 Å². The Labute approximate surface area is 130 Å². The van der Waals surface area contributed by atoms with Crippen LogP contribution >= 0.6 is 11.6 Å². The molecule has 4 aromatic rings. The second kappa shape index (κ2) is 5.00. The molecule has 106 valence electrons. The van der Waals surface area contributed by atoms with Crippen molar-refractivity contribution in [2.75, 3.05) is 0 Å². The van der Waals surface area contributed by atoms with E-state index in [0.717, 1.165) is 22.5 Å². The van der Waals surface area contributed by atoms with E-state index in [1.165, 1.54) is 6.20 Å². The quantitative estimate of drug-likeness (QED) is 0.514. The summed E-state index contributed by atoms with van der Waals surface area (Å²) < 4.78 is 13.9. The van der Waals surface area contributed by atoms with Crippen molar-refractivity contribution in [1.29, 1.82) is 0 Å². The summed E-state index contributed by atoms with van der Waals surface area (Å²) in [6.07, 6.45) is 4.26. The molecule has 0 radical (unpaired) electrons. The van der Waals surface area contributed by atoms with Gasteiger partial charge in [-0.05, 0) is 11.5 Å². The van der Waals surface area contributed by atoms with E-state index in [2.05, 4.69) is 15.0 Å². The second-order valence-corrected chi connectivity index (χ2v) is 5.30. The van der Waals surface area contributed by atoms with Crippen LogP contribution in [0.1, 0.15) is 0 Å². The average molecular weight is 310 g/mol. The lowest BCUT2D eigenvalue weighted by molar-refractivity contribution is 0.630. The summed E-state index contributed by atoms with van der Waals surface area (Å²) in [5.41, 5.74) is 1.03. The molecular formula is C17H9ClFN3. The van der Waals surface area contributed by atoms with Gasteiger partial charge in [-0.2, -0.15) is 0 Å². The molecule has 0 fully saturated rings. The lowest BCUT2D eigenvalue weighted by Crippen LogP contribution is -1.94. The van der Waals surface area contributed by atoms with Crippen LogP contribution in [-0.4, -0.2) is 15.0 Å². The molecule has 2 aromatic carbocycles. The van der Waals surface area contributed by atoms with Gasteiger partial charge in [-0.25, -0.2) is 14.4 Å². The maximum absolute atomic E-state index is 13.9. The zero-order chi connectivity index (χ0) is 15.1. The Morgan fingerprint density at radius 3 is 2.59 bits per heavy atom. The molecule has 0 aliphatic heterocycles. The van der Waals surface area contributed by atoms with Crippen LogP contribution in [0, 0.1) is 5.82 Å². The summed E-state index contributed by atoms with van der Waals surface area (Å²) in [6, 6.07) is 11.4. The molecule has 2 heterocycles. The van der Waals surface area contributed by atoms with E-state index in [0.29, 0.717) is 16.2 Å². The molecule has 5 heteroatoms. The Morgan fingerprint density at radius 2 is 1.73 bits per heavy atom. The summed E-state index contributed by atoms with van der Waals surface area (Å²) in [5, 5.41) is 3.03. The van der Waals surface area contributed by atoms with Crippen LogP contribution in [0.25, 0.3) is 33.1 Å². The number of aromatic nitrogens is 3. The first-order valence-electron chi connectivity index (χ1n) is 6.68. The highest BCUT2D eigenvalue weighted by atomic mass is 35.5. The first kappa shape index (κ1) is 13.1. The minimum atomic E-state index is -0.465. The second-order valence-electron chi connectivity index (χ2n) is 4.90. The van der Waals surface area contributed by atoms with Crippen LogP contribution in [0.3, 0.4) is 0 Å². The van der Waals surface area contributed by atoms with E-state index in [1.54, 1.807) is 6.20 Å². The molecule has 0 unspecified atom stereocenters. The molecule has 0 aliphatic carbocycles. The van der Waals surface area contributed by atoms with Crippen LogP contribution in [0.5, 0.6) is 0 Å². The van der Waals surface area contributed by atoms with E-state index in [4.69, 9.17) is 11.6 Å². The fraction of sp³-hybridized carbons (Fsp3) is 0. The highest BCUT2D eigenvalue weighted by Crippen LogP contribution is 2.32. The summed E-state index contributed by atoms with van der Waals surface area (Å²) in [6.45, 7) is 0. The Kier molecular flexibility index (Phi) is 2.98. The van der Waals surface area contributed by atoms with Gasteiger partial charge in [0.1, 0.15) is 5.52 Å². The van der Waals surface area contributed by atoms with Crippen molar-refractivity contribution in [2.24, 2.45) is 0 Å². The van der Waals surface area contributed by atoms with Gasteiger partial charge in [0.05, 0.1) is 6.20 Å². The normalized spacial score (nSPS) is 11.2. The van der Waals surface area contributed by atoms with Gasteiger partial charge < -0.3 is 0 Å². The van der Waals surface area contributed by atoms with Crippen LogP contribution in [-0.2, 0) is 0 Å². The molecule has 0 saturated heterocycles. The van der Waals surface area contributed by atoms with Crippen molar-refractivity contribution in [2.45, 2.75) is 0 Å². The van der Waals surface area contributed by atoms with Gasteiger partial charge in [0.2, 0.25) is 0 Å². The van der Waals surface area contributed by atoms with E-state index >= 15 is 0 Å². The van der Waals surface area contributed by atoms with E-state index in [-0.39, 0.29) is 5.52 Å². The number of hydrogen-bond acceptors (Lipinski definition) is 3. The number of rotatable bonds is 1. The third-order valence-electron chi connectivity index (χ3n) is 3.54. The molecule has 0 saturated carbocycles. The lowest BCUT2D eigenvalue weighted by Gasteiger charge is -2.08. The largest absolute Gasteiger partial charge is 0.261 e. The van der Waals surface area contributed by atoms with Gasteiger partial charge in [-0.3, -0.25) is 4.98 Å². The van der Waals surface area contributed by atoms with Crippen molar-refractivity contribution in [3.8, 4) is 11.4 Å². The minimum Gasteiger partial charge on any atom is -0.261 e. The van der Waals surface area contributed by atoms with Crippen LogP contribution in [0.4, 0.5) is 4.39 Å². The van der Waals surface area contributed by atoms with Crippen molar-refractivity contribution in [3.05, 3.63) is 65.8 Å². The topological polar surface area (TPSA) is 38.7 Å². The van der Waals surface area contributed by atoms with Gasteiger partial charge in [0.15, 0.2) is 11.6 Å². The van der Waals surface area contributed by atoms with Crippen molar-refractivity contribution in [1.82, 2.24) is 15.0 Å². The predicted octanol–water partition coefficient (Wildman–Crippen LogP) is 4.64. The molecule has 3 nitrogen and oxygen atoms in total. The zero-order valence-electron chi connectivity index (χ0n) is 11.3. The molecule has 4 rings (SSSR count). The monoisotopic (exact) mass is 309 g/mol. The minimum absolute atomic E-state index is 0.254. The summed E-state index contributed by atoms with van der Waals surface area (Å²) in [5.74, 6) is -0.0243. The number of fused-ring (bicyclic) bond motifs is 2. The number of benzene rings is 2. The van der Waals surface area contributed by atoms with Gasteiger partial charge in [0.25, 0.3) is 0 Å². The highest BCUT2D eigenvalue weighted by molar-refractivity contribution is 6.36. The van der Waals surface area contributed by atoms with Gasteiger partial charge in [-0.1, -0.05) is 41.9 Å². The lowest BCUT2D eigenvalue weighted by atomic mass is 10.0. The molecule has 0 N–H and O–H groups in total. The molecule has 0 aliphatic rings. The summed E-state index contributed by atoms with van der Waals surface area (Å²) in [7, 11) is 0. The third-order valence-corrected chi connectivity index (χ3v) is 3.85. The first-order valence-corrected chi connectivity index (χ1v) is 7.06. The van der Waals surface area contributed by atoms with E-state index in [1.807, 2.05) is 36.4 Å². The van der Waals surface area contributed by atoms with Gasteiger partial charge in [0, 0.05) is 33.8 Å². The molecule has 0 bridgehead atoms. The van der Waals surface area contributed by atoms with Crippen molar-refractivity contribution in [3.63, 3.8) is 0 Å². The third kappa shape index (κ3) is 2.00. The van der Waals surface area contributed by atoms with Crippen molar-refractivity contribution < 1.29 is 4.39 Å². The maximum atomic E-state index is 13.9. The number of halogens is 2. The zero-order valence-corrected chi connectivity index (χ0v) is 12.0. The molecule has 0 spiro atoms. The number of nitrogens with zero attached hydrogens (tertiary/aromatic N) is 3. The van der Waals surface area contributed by atoms with E-state index in [9.17, 15) is 4.39 Å². The van der Waals surface area contributed by atoms with Gasteiger partial charge >= 0.3 is 0 Å². The van der Waals surface area contributed by atoms with Crippen LogP contribution < -0.4 is 0 Å². The van der Waals surface area contributed by atoms with E-state index < -0.39 is 5.82 Å². The van der Waals surface area contributed by atoms with Crippen LogP contribution in [0.2, 0.25) is 5.02 Å². The average Bonchev–Trinajstić information content (AvgIpc) is 2.55. The Morgan fingerprint density at radius 1 is 0.909 bits per heavy atom. The summed E-state index contributed by atoms with van der Waals surface area (Å²) >= 11 is 6.32. The maximum Gasteiger partial charge on any atom is 0.167 e. The smallest absolute Gasteiger partial charge is 0.167 e.